The fourth-order valence-corrected chi connectivity index (χ4v) is 3.95. The first-order valence-corrected chi connectivity index (χ1v) is 7.27. The number of sulfone groups is 1. The quantitative estimate of drug-likeness (QED) is 0.897. The molecule has 0 spiro atoms. The molecule has 0 aliphatic carbocycles. The van der Waals surface area contributed by atoms with Gasteiger partial charge in [0, 0.05) is 0 Å². The van der Waals surface area contributed by atoms with E-state index in [2.05, 4.69) is 0 Å². The Labute approximate surface area is 103 Å². The van der Waals surface area contributed by atoms with Crippen LogP contribution >= 0.6 is 0 Å². The van der Waals surface area contributed by atoms with Gasteiger partial charge in [0.05, 0.1) is 16.8 Å². The highest BCUT2D eigenvalue weighted by molar-refractivity contribution is 7.92. The van der Waals surface area contributed by atoms with E-state index in [1.54, 1.807) is 19.1 Å². The summed E-state index contributed by atoms with van der Waals surface area (Å²) in [5.41, 5.74) is 1.64. The van der Waals surface area contributed by atoms with Crippen molar-refractivity contribution in [2.75, 3.05) is 6.61 Å². The maximum Gasteiger partial charge on any atom is 0.184 e. The number of aliphatic hydroxyl groups is 1. The van der Waals surface area contributed by atoms with Gasteiger partial charge in [0.1, 0.15) is 0 Å². The van der Waals surface area contributed by atoms with Gasteiger partial charge < -0.3 is 5.11 Å². The van der Waals surface area contributed by atoms with Crippen molar-refractivity contribution < 1.29 is 13.5 Å². The van der Waals surface area contributed by atoms with Gasteiger partial charge in [-0.15, -0.1) is 0 Å². The Bertz CT molecular complexity index is 489. The second-order valence-corrected chi connectivity index (χ2v) is 6.91. The zero-order valence-electron chi connectivity index (χ0n) is 10.8. The molecular formula is C13H20O3S. The highest BCUT2D eigenvalue weighted by atomic mass is 32.2. The maximum absolute atomic E-state index is 12.4. The molecule has 1 rings (SSSR count). The fraction of sp³-hybridized carbons (Fsp3) is 0.538. The number of hydrogen-bond acceptors (Lipinski definition) is 3. The Hall–Kier alpha value is -0.870. The smallest absolute Gasteiger partial charge is 0.184 e. The van der Waals surface area contributed by atoms with E-state index < -0.39 is 15.1 Å². The van der Waals surface area contributed by atoms with Gasteiger partial charge in [-0.05, 0) is 37.0 Å². The maximum atomic E-state index is 12.4. The summed E-state index contributed by atoms with van der Waals surface area (Å²) in [5.74, 6) is -0.107. The third kappa shape index (κ3) is 2.87. The van der Waals surface area contributed by atoms with E-state index in [0.717, 1.165) is 11.1 Å². The SMILES string of the molecule is Cc1ccc(C)c(S(=O)(=O)C(CO)C(C)C)c1. The molecule has 4 heteroatoms. The van der Waals surface area contributed by atoms with Crippen molar-refractivity contribution >= 4 is 9.84 Å². The van der Waals surface area contributed by atoms with Crippen LogP contribution in [0.1, 0.15) is 25.0 Å². The van der Waals surface area contributed by atoms with Crippen molar-refractivity contribution in [2.24, 2.45) is 5.92 Å². The summed E-state index contributed by atoms with van der Waals surface area (Å²) < 4.78 is 24.8. The van der Waals surface area contributed by atoms with E-state index in [-0.39, 0.29) is 12.5 Å². The van der Waals surface area contributed by atoms with Crippen molar-refractivity contribution in [2.45, 2.75) is 37.8 Å². The van der Waals surface area contributed by atoms with Crippen LogP contribution in [0.4, 0.5) is 0 Å². The van der Waals surface area contributed by atoms with Crippen LogP contribution in [-0.4, -0.2) is 25.4 Å². The van der Waals surface area contributed by atoms with E-state index in [1.807, 2.05) is 26.8 Å². The van der Waals surface area contributed by atoms with Crippen LogP contribution in [0.15, 0.2) is 23.1 Å². The monoisotopic (exact) mass is 256 g/mol. The van der Waals surface area contributed by atoms with Crippen molar-refractivity contribution in [3.63, 3.8) is 0 Å². The summed E-state index contributed by atoms with van der Waals surface area (Å²) >= 11 is 0. The van der Waals surface area contributed by atoms with Gasteiger partial charge in [-0.25, -0.2) is 8.42 Å². The summed E-state index contributed by atoms with van der Waals surface area (Å²) in [7, 11) is -3.45. The highest BCUT2D eigenvalue weighted by Gasteiger charge is 2.30. The number of benzene rings is 1. The summed E-state index contributed by atoms with van der Waals surface area (Å²) in [5, 5.41) is 8.54. The first-order valence-electron chi connectivity index (χ1n) is 5.72. The summed E-state index contributed by atoms with van der Waals surface area (Å²) in [6.45, 7) is 6.92. The average molecular weight is 256 g/mol. The Morgan fingerprint density at radius 3 is 2.29 bits per heavy atom. The van der Waals surface area contributed by atoms with Crippen LogP contribution in [-0.2, 0) is 9.84 Å². The zero-order valence-corrected chi connectivity index (χ0v) is 11.6. The van der Waals surface area contributed by atoms with Crippen molar-refractivity contribution in [3.05, 3.63) is 29.3 Å². The predicted octanol–water partition coefficient (Wildman–Crippen LogP) is 2.09. The molecule has 1 aromatic carbocycles. The standard InChI is InChI=1S/C13H20O3S/c1-9(2)13(8-14)17(15,16)12-7-10(3)5-6-11(12)4/h5-7,9,13-14H,8H2,1-4H3. The highest BCUT2D eigenvalue weighted by Crippen LogP contribution is 2.25. The first kappa shape index (κ1) is 14.2. The minimum atomic E-state index is -3.45. The molecule has 0 saturated heterocycles. The molecule has 1 N–H and O–H groups in total. The van der Waals surface area contributed by atoms with Crippen LogP contribution in [0, 0.1) is 19.8 Å². The van der Waals surface area contributed by atoms with E-state index in [4.69, 9.17) is 0 Å². The number of aryl methyl sites for hydroxylation is 2. The number of rotatable bonds is 4. The van der Waals surface area contributed by atoms with Crippen LogP contribution in [0.3, 0.4) is 0 Å². The third-order valence-corrected chi connectivity index (χ3v) is 5.52. The van der Waals surface area contributed by atoms with E-state index in [1.165, 1.54) is 0 Å². The molecule has 3 nitrogen and oxygen atoms in total. The lowest BCUT2D eigenvalue weighted by Gasteiger charge is -2.20. The second-order valence-electron chi connectivity index (χ2n) is 4.78. The predicted molar refractivity (Wildman–Crippen MR) is 68.8 cm³/mol. The van der Waals surface area contributed by atoms with E-state index in [0.29, 0.717) is 4.90 Å². The Kier molecular flexibility index (Phi) is 4.33. The van der Waals surface area contributed by atoms with Crippen LogP contribution in [0.25, 0.3) is 0 Å². The molecule has 1 atom stereocenters. The van der Waals surface area contributed by atoms with Crippen LogP contribution < -0.4 is 0 Å². The second kappa shape index (κ2) is 5.19. The zero-order chi connectivity index (χ0) is 13.2. The molecule has 0 saturated carbocycles. The molecule has 0 radical (unpaired) electrons. The average Bonchev–Trinajstić information content (AvgIpc) is 2.21. The van der Waals surface area contributed by atoms with Crippen molar-refractivity contribution in [1.29, 1.82) is 0 Å². The van der Waals surface area contributed by atoms with Crippen molar-refractivity contribution in [1.82, 2.24) is 0 Å². The van der Waals surface area contributed by atoms with Gasteiger partial charge in [0.2, 0.25) is 0 Å². The molecule has 0 fully saturated rings. The van der Waals surface area contributed by atoms with E-state index >= 15 is 0 Å². The molecule has 0 aromatic heterocycles. The molecule has 0 aliphatic heterocycles. The Morgan fingerprint density at radius 2 is 1.82 bits per heavy atom. The molecule has 0 amide bonds. The summed E-state index contributed by atoms with van der Waals surface area (Å²) in [4.78, 5) is 0.338. The van der Waals surface area contributed by atoms with Gasteiger partial charge in [-0.3, -0.25) is 0 Å². The molecule has 1 aromatic rings. The molecule has 0 bridgehead atoms. The molecule has 0 aliphatic rings. The number of aliphatic hydroxyl groups excluding tert-OH is 1. The van der Waals surface area contributed by atoms with Crippen molar-refractivity contribution in [3.8, 4) is 0 Å². The molecule has 0 heterocycles. The lowest BCUT2D eigenvalue weighted by molar-refractivity contribution is 0.269. The molecule has 17 heavy (non-hydrogen) atoms. The fourth-order valence-electron chi connectivity index (χ4n) is 1.84. The van der Waals surface area contributed by atoms with Gasteiger partial charge in [-0.1, -0.05) is 26.0 Å². The first-order chi connectivity index (χ1) is 7.80. The Morgan fingerprint density at radius 1 is 1.24 bits per heavy atom. The van der Waals surface area contributed by atoms with Gasteiger partial charge >= 0.3 is 0 Å². The van der Waals surface area contributed by atoms with Gasteiger partial charge in [0.25, 0.3) is 0 Å². The van der Waals surface area contributed by atoms with Crippen LogP contribution in [0.2, 0.25) is 0 Å². The lowest BCUT2D eigenvalue weighted by Crippen LogP contribution is -2.31. The van der Waals surface area contributed by atoms with Gasteiger partial charge in [-0.2, -0.15) is 0 Å². The summed E-state index contributed by atoms with van der Waals surface area (Å²) in [6, 6.07) is 5.37. The topological polar surface area (TPSA) is 54.4 Å². The molecule has 96 valence electrons. The normalized spacial score (nSPS) is 14.0. The Balaban J connectivity index is 3.35. The molecular weight excluding hydrogens is 236 g/mol. The van der Waals surface area contributed by atoms with E-state index in [9.17, 15) is 13.5 Å². The minimum Gasteiger partial charge on any atom is -0.395 e. The molecule has 1 unspecified atom stereocenters. The van der Waals surface area contributed by atoms with Crippen LogP contribution in [0.5, 0.6) is 0 Å². The van der Waals surface area contributed by atoms with Gasteiger partial charge in [0.15, 0.2) is 9.84 Å². The largest absolute Gasteiger partial charge is 0.395 e. The third-order valence-electron chi connectivity index (χ3n) is 2.97. The minimum absolute atomic E-state index is 0.107. The number of hydrogen-bond donors (Lipinski definition) is 1. The lowest BCUT2D eigenvalue weighted by atomic mass is 10.1. The summed E-state index contributed by atoms with van der Waals surface area (Å²) in [6.07, 6.45) is 0.